The highest BCUT2D eigenvalue weighted by molar-refractivity contribution is 6.35. The van der Waals surface area contributed by atoms with Gasteiger partial charge in [0.05, 0.1) is 13.5 Å². The first kappa shape index (κ1) is 21.0. The van der Waals surface area contributed by atoms with E-state index in [1.807, 2.05) is 36.5 Å². The van der Waals surface area contributed by atoms with Crippen LogP contribution in [0.3, 0.4) is 0 Å². The molecule has 1 saturated heterocycles. The van der Waals surface area contributed by atoms with Gasteiger partial charge in [-0.05, 0) is 54.3 Å². The van der Waals surface area contributed by atoms with Crippen molar-refractivity contribution >= 4 is 40.0 Å². The van der Waals surface area contributed by atoms with Gasteiger partial charge in [-0.15, -0.1) is 0 Å². The summed E-state index contributed by atoms with van der Waals surface area (Å²) in [5, 5.41) is 5.35. The topological polar surface area (TPSA) is 63.4 Å². The Kier molecular flexibility index (Phi) is 6.23. The van der Waals surface area contributed by atoms with Gasteiger partial charge in [0, 0.05) is 52.3 Å². The summed E-state index contributed by atoms with van der Waals surface area (Å²) in [4.78, 5) is 16.0. The van der Waals surface area contributed by atoms with E-state index in [0.717, 1.165) is 40.6 Å². The molecule has 0 atom stereocenters. The summed E-state index contributed by atoms with van der Waals surface area (Å²) < 4.78 is 10.9. The molecule has 158 valence electrons. The first-order valence-electron chi connectivity index (χ1n) is 9.95. The third kappa shape index (κ3) is 4.29. The molecule has 2 heterocycles. The number of methoxy groups -OCH3 is 1. The second-order valence-corrected chi connectivity index (χ2v) is 8.54. The number of nitrogens with one attached hydrogen (secondary N) is 2. The lowest BCUT2D eigenvalue weighted by Gasteiger charge is -2.38. The Bertz CT molecular complexity index is 1060. The van der Waals surface area contributed by atoms with Gasteiger partial charge in [-0.3, -0.25) is 4.79 Å². The largest absolute Gasteiger partial charge is 0.497 e. The van der Waals surface area contributed by atoms with E-state index in [-0.39, 0.29) is 17.7 Å². The minimum absolute atomic E-state index is 0.0327. The summed E-state index contributed by atoms with van der Waals surface area (Å²) in [6.07, 6.45) is 3.75. The van der Waals surface area contributed by atoms with E-state index in [1.165, 1.54) is 0 Å². The lowest BCUT2D eigenvalue weighted by atomic mass is 9.74. The summed E-state index contributed by atoms with van der Waals surface area (Å²) in [5.41, 5.74) is 2.66. The highest BCUT2D eigenvalue weighted by Gasteiger charge is 2.36. The van der Waals surface area contributed by atoms with Gasteiger partial charge in [-0.2, -0.15) is 0 Å². The number of carbonyl (C=O) groups excluding carboxylic acids is 1. The molecule has 1 fully saturated rings. The molecule has 1 aromatic heterocycles. The van der Waals surface area contributed by atoms with E-state index >= 15 is 0 Å². The molecule has 0 unspecified atom stereocenters. The zero-order chi connectivity index (χ0) is 21.1. The Hall–Kier alpha value is -2.21. The number of hydrogen-bond donors (Lipinski definition) is 2. The number of H-pyrrole nitrogens is 1. The normalized spacial score (nSPS) is 15.8. The van der Waals surface area contributed by atoms with Crippen molar-refractivity contribution in [2.24, 2.45) is 0 Å². The number of hydrogen-bond acceptors (Lipinski definition) is 3. The Morgan fingerprint density at radius 1 is 1.20 bits per heavy atom. The van der Waals surface area contributed by atoms with Gasteiger partial charge in [0.1, 0.15) is 5.75 Å². The lowest BCUT2D eigenvalue weighted by molar-refractivity contribution is -0.120. The van der Waals surface area contributed by atoms with E-state index in [4.69, 9.17) is 32.7 Å². The molecular weight excluding hydrogens is 423 g/mol. The van der Waals surface area contributed by atoms with Crippen molar-refractivity contribution in [3.05, 3.63) is 63.8 Å². The third-order valence-electron chi connectivity index (χ3n) is 5.90. The molecule has 1 aliphatic rings. The van der Waals surface area contributed by atoms with Crippen molar-refractivity contribution in [1.29, 1.82) is 0 Å². The first-order chi connectivity index (χ1) is 14.5. The highest BCUT2D eigenvalue weighted by Crippen LogP contribution is 2.39. The molecule has 1 amide bonds. The van der Waals surface area contributed by atoms with E-state index in [9.17, 15) is 4.79 Å². The SMILES string of the molecule is COc1ccc2[nH]cc(CC(=O)NCC3(c4ccc(Cl)cc4Cl)CCOCC3)c2c1. The van der Waals surface area contributed by atoms with Crippen molar-refractivity contribution in [3.63, 3.8) is 0 Å². The van der Waals surface area contributed by atoms with Crippen molar-refractivity contribution in [1.82, 2.24) is 10.3 Å². The van der Waals surface area contributed by atoms with Crippen LogP contribution in [0.5, 0.6) is 5.75 Å². The Morgan fingerprint density at radius 3 is 2.73 bits per heavy atom. The Morgan fingerprint density at radius 2 is 2.00 bits per heavy atom. The van der Waals surface area contributed by atoms with Crippen LogP contribution in [0.1, 0.15) is 24.0 Å². The summed E-state index contributed by atoms with van der Waals surface area (Å²) in [7, 11) is 1.63. The zero-order valence-corrected chi connectivity index (χ0v) is 18.3. The molecule has 2 N–H and O–H groups in total. The monoisotopic (exact) mass is 446 g/mol. The first-order valence-corrected chi connectivity index (χ1v) is 10.7. The molecule has 0 aliphatic carbocycles. The molecule has 0 bridgehead atoms. The van der Waals surface area contributed by atoms with Crippen molar-refractivity contribution in [2.75, 3.05) is 26.9 Å². The minimum Gasteiger partial charge on any atom is -0.497 e. The third-order valence-corrected chi connectivity index (χ3v) is 6.45. The molecule has 7 heteroatoms. The molecule has 1 aliphatic heterocycles. The second-order valence-electron chi connectivity index (χ2n) is 7.70. The Labute approximate surface area is 185 Å². The predicted molar refractivity (Wildman–Crippen MR) is 120 cm³/mol. The average molecular weight is 447 g/mol. The van der Waals surface area contributed by atoms with E-state index in [1.54, 1.807) is 13.2 Å². The van der Waals surface area contributed by atoms with Crippen LogP contribution in [0, 0.1) is 0 Å². The van der Waals surface area contributed by atoms with Crippen LogP contribution in [0.2, 0.25) is 10.0 Å². The molecule has 0 radical (unpaired) electrons. The van der Waals surface area contributed by atoms with Crippen LogP contribution < -0.4 is 10.1 Å². The fourth-order valence-electron chi connectivity index (χ4n) is 4.16. The van der Waals surface area contributed by atoms with Gasteiger partial charge in [0.15, 0.2) is 0 Å². The molecule has 5 nitrogen and oxygen atoms in total. The van der Waals surface area contributed by atoms with E-state index in [0.29, 0.717) is 29.8 Å². The molecule has 3 aromatic rings. The van der Waals surface area contributed by atoms with Gasteiger partial charge in [0.2, 0.25) is 5.91 Å². The molecule has 2 aromatic carbocycles. The number of benzene rings is 2. The summed E-state index contributed by atoms with van der Waals surface area (Å²) in [6, 6.07) is 11.4. The standard InChI is InChI=1S/C23H24Cl2N2O3/c1-29-17-3-5-21-18(12-17)15(13-26-21)10-22(28)27-14-23(6-8-30-9-7-23)19-4-2-16(24)11-20(19)25/h2-5,11-13,26H,6-10,14H2,1H3,(H,27,28). The number of fused-ring (bicyclic) bond motifs is 1. The fourth-order valence-corrected chi connectivity index (χ4v) is 4.77. The average Bonchev–Trinajstić information content (AvgIpc) is 3.14. The maximum Gasteiger partial charge on any atom is 0.224 e. The number of rotatable bonds is 6. The van der Waals surface area contributed by atoms with E-state index in [2.05, 4.69) is 10.3 Å². The fraction of sp³-hybridized carbons (Fsp3) is 0.348. The van der Waals surface area contributed by atoms with Gasteiger partial charge in [-0.1, -0.05) is 29.3 Å². The second kappa shape index (κ2) is 8.88. The lowest BCUT2D eigenvalue weighted by Crippen LogP contribution is -2.45. The molecule has 4 rings (SSSR count). The minimum atomic E-state index is -0.265. The number of aromatic amines is 1. The molecule has 0 spiro atoms. The number of amides is 1. The molecular formula is C23H24Cl2N2O3. The predicted octanol–water partition coefficient (Wildman–Crippen LogP) is 4.89. The quantitative estimate of drug-likeness (QED) is 0.566. The van der Waals surface area contributed by atoms with Gasteiger partial charge in [0.25, 0.3) is 0 Å². The highest BCUT2D eigenvalue weighted by atomic mass is 35.5. The van der Waals surface area contributed by atoms with Gasteiger partial charge < -0.3 is 19.8 Å². The molecule has 0 saturated carbocycles. The number of halogens is 2. The number of carbonyl (C=O) groups is 1. The van der Waals surface area contributed by atoms with Gasteiger partial charge in [-0.25, -0.2) is 0 Å². The molecule has 30 heavy (non-hydrogen) atoms. The van der Waals surface area contributed by atoms with Crippen molar-refractivity contribution < 1.29 is 14.3 Å². The van der Waals surface area contributed by atoms with Crippen LogP contribution in [-0.2, 0) is 21.4 Å². The summed E-state index contributed by atoms with van der Waals surface area (Å²) in [5.74, 6) is 0.733. The number of ether oxygens (including phenoxy) is 2. The summed E-state index contributed by atoms with van der Waals surface area (Å²) >= 11 is 12.6. The zero-order valence-electron chi connectivity index (χ0n) is 16.8. The Balaban J connectivity index is 1.51. The number of aromatic nitrogens is 1. The van der Waals surface area contributed by atoms with Crippen LogP contribution in [-0.4, -0.2) is 37.8 Å². The van der Waals surface area contributed by atoms with Crippen LogP contribution >= 0.6 is 23.2 Å². The smallest absolute Gasteiger partial charge is 0.224 e. The van der Waals surface area contributed by atoms with Crippen LogP contribution in [0.15, 0.2) is 42.6 Å². The van der Waals surface area contributed by atoms with E-state index < -0.39 is 0 Å². The maximum absolute atomic E-state index is 12.8. The maximum atomic E-state index is 12.8. The van der Waals surface area contributed by atoms with Gasteiger partial charge >= 0.3 is 0 Å². The van der Waals surface area contributed by atoms with Crippen LogP contribution in [0.25, 0.3) is 10.9 Å². The van der Waals surface area contributed by atoms with Crippen molar-refractivity contribution in [3.8, 4) is 5.75 Å². The van der Waals surface area contributed by atoms with Crippen molar-refractivity contribution in [2.45, 2.75) is 24.7 Å². The summed E-state index contributed by atoms with van der Waals surface area (Å²) in [6.45, 7) is 1.77. The van der Waals surface area contributed by atoms with Crippen LogP contribution in [0.4, 0.5) is 0 Å².